The van der Waals surface area contributed by atoms with Gasteiger partial charge in [-0.25, -0.2) is 10.2 Å². The second kappa shape index (κ2) is 4.35. The van der Waals surface area contributed by atoms with Crippen LogP contribution in [0.4, 0.5) is 4.79 Å². The highest BCUT2D eigenvalue weighted by Gasteiger charge is 2.20. The molecule has 1 aromatic rings. The topological polar surface area (TPSA) is 67.5 Å². The van der Waals surface area contributed by atoms with Gasteiger partial charge in [-0.15, -0.1) is 0 Å². The summed E-state index contributed by atoms with van der Waals surface area (Å²) < 4.78 is 0. The van der Waals surface area contributed by atoms with Crippen LogP contribution in [0.15, 0.2) is 29.4 Å². The van der Waals surface area contributed by atoms with Crippen LogP contribution in [0, 0.1) is 5.92 Å². The Morgan fingerprint density at radius 2 is 2.19 bits per heavy atom. The average Bonchev–Trinajstić information content (AvgIpc) is 2.25. The van der Waals surface area contributed by atoms with Crippen LogP contribution in [-0.2, 0) is 6.42 Å². The molecule has 0 aliphatic heterocycles. The number of hydrogen-bond donors (Lipinski definition) is 2. The molecule has 3 N–H and O–H groups in total. The van der Waals surface area contributed by atoms with Gasteiger partial charge < -0.3 is 5.73 Å². The summed E-state index contributed by atoms with van der Waals surface area (Å²) in [4.78, 5) is 10.6. The Kier molecular flexibility index (Phi) is 2.90. The lowest BCUT2D eigenvalue weighted by Gasteiger charge is -2.22. The van der Waals surface area contributed by atoms with Crippen LogP contribution in [0.25, 0.3) is 0 Å². The van der Waals surface area contributed by atoms with Crippen LogP contribution in [0.1, 0.15) is 24.5 Å². The molecular weight excluding hydrogens is 202 g/mol. The first-order valence-corrected chi connectivity index (χ1v) is 5.37. The quantitative estimate of drug-likeness (QED) is 0.690. The number of nitrogens with two attached hydrogens (primary N) is 1. The van der Waals surface area contributed by atoms with Crippen molar-refractivity contribution >= 4 is 11.7 Å². The molecule has 0 saturated heterocycles. The highest BCUT2D eigenvalue weighted by Crippen LogP contribution is 2.25. The molecule has 2 amide bonds. The molecule has 1 aliphatic rings. The molecule has 0 aromatic heterocycles. The molecule has 16 heavy (non-hydrogen) atoms. The summed E-state index contributed by atoms with van der Waals surface area (Å²) in [5.74, 6) is 0.545. The van der Waals surface area contributed by atoms with E-state index in [0.717, 1.165) is 24.1 Å². The van der Waals surface area contributed by atoms with Gasteiger partial charge >= 0.3 is 6.03 Å². The van der Waals surface area contributed by atoms with E-state index in [0.29, 0.717) is 5.92 Å². The lowest BCUT2D eigenvalue weighted by Crippen LogP contribution is -2.28. The SMILES string of the molecule is CC1C/C(=N\NC(N)=O)c2ccccc2C1. The fourth-order valence-electron chi connectivity index (χ4n) is 2.10. The van der Waals surface area contributed by atoms with Gasteiger partial charge in [-0.2, -0.15) is 5.10 Å². The van der Waals surface area contributed by atoms with Gasteiger partial charge in [-0.05, 0) is 24.3 Å². The predicted molar refractivity (Wildman–Crippen MR) is 63.2 cm³/mol. The minimum atomic E-state index is -0.622. The molecule has 0 radical (unpaired) electrons. The van der Waals surface area contributed by atoms with E-state index in [1.165, 1.54) is 5.56 Å². The van der Waals surface area contributed by atoms with E-state index in [1.54, 1.807) is 0 Å². The molecule has 1 aliphatic carbocycles. The third kappa shape index (κ3) is 2.21. The number of nitrogens with one attached hydrogen (secondary N) is 1. The molecule has 0 spiro atoms. The normalized spacial score (nSPS) is 21.6. The molecular formula is C12H15N3O. The number of benzene rings is 1. The van der Waals surface area contributed by atoms with Gasteiger partial charge in [-0.1, -0.05) is 31.2 Å². The number of rotatable bonds is 1. The van der Waals surface area contributed by atoms with Gasteiger partial charge in [0.1, 0.15) is 0 Å². The van der Waals surface area contributed by atoms with E-state index < -0.39 is 6.03 Å². The minimum Gasteiger partial charge on any atom is -0.350 e. The molecule has 2 rings (SSSR count). The fourth-order valence-corrected chi connectivity index (χ4v) is 2.10. The van der Waals surface area contributed by atoms with Crippen molar-refractivity contribution in [3.05, 3.63) is 35.4 Å². The van der Waals surface area contributed by atoms with Crippen LogP contribution in [0.2, 0.25) is 0 Å². The summed E-state index contributed by atoms with van der Waals surface area (Å²) >= 11 is 0. The summed E-state index contributed by atoms with van der Waals surface area (Å²) in [5, 5.41) is 4.07. The van der Waals surface area contributed by atoms with Crippen molar-refractivity contribution in [3.8, 4) is 0 Å². The maximum Gasteiger partial charge on any atom is 0.332 e. The lowest BCUT2D eigenvalue weighted by atomic mass is 9.84. The molecule has 0 heterocycles. The van der Waals surface area contributed by atoms with E-state index in [9.17, 15) is 4.79 Å². The van der Waals surface area contributed by atoms with Gasteiger partial charge in [0.15, 0.2) is 0 Å². The predicted octanol–water partition coefficient (Wildman–Crippen LogP) is 1.64. The van der Waals surface area contributed by atoms with Crippen molar-refractivity contribution in [2.45, 2.75) is 19.8 Å². The summed E-state index contributed by atoms with van der Waals surface area (Å²) in [6, 6.07) is 7.51. The summed E-state index contributed by atoms with van der Waals surface area (Å²) in [7, 11) is 0. The molecule has 84 valence electrons. The lowest BCUT2D eigenvalue weighted by molar-refractivity contribution is 0.249. The molecule has 4 nitrogen and oxygen atoms in total. The van der Waals surface area contributed by atoms with Crippen LogP contribution < -0.4 is 11.2 Å². The largest absolute Gasteiger partial charge is 0.350 e. The maximum atomic E-state index is 10.6. The second-order valence-electron chi connectivity index (χ2n) is 4.21. The van der Waals surface area contributed by atoms with E-state index in [4.69, 9.17) is 5.73 Å². The first kappa shape index (κ1) is 10.7. The number of urea groups is 1. The smallest absolute Gasteiger partial charge is 0.332 e. The Labute approximate surface area is 94.5 Å². The number of carbonyl (C=O) groups excluding carboxylic acids is 1. The first-order valence-electron chi connectivity index (χ1n) is 5.37. The van der Waals surface area contributed by atoms with Crippen LogP contribution >= 0.6 is 0 Å². The Morgan fingerprint density at radius 1 is 1.44 bits per heavy atom. The third-order valence-electron chi connectivity index (χ3n) is 2.74. The molecule has 1 atom stereocenters. The second-order valence-corrected chi connectivity index (χ2v) is 4.21. The zero-order valence-electron chi connectivity index (χ0n) is 9.23. The average molecular weight is 217 g/mol. The highest BCUT2D eigenvalue weighted by atomic mass is 16.2. The Morgan fingerprint density at radius 3 is 2.94 bits per heavy atom. The van der Waals surface area contributed by atoms with Crippen molar-refractivity contribution in [2.75, 3.05) is 0 Å². The van der Waals surface area contributed by atoms with Gasteiger partial charge in [0.25, 0.3) is 0 Å². The number of amides is 2. The van der Waals surface area contributed by atoms with E-state index in [-0.39, 0.29) is 0 Å². The van der Waals surface area contributed by atoms with Gasteiger partial charge in [-0.3, -0.25) is 0 Å². The molecule has 1 aromatic carbocycles. The van der Waals surface area contributed by atoms with Crippen LogP contribution in [-0.4, -0.2) is 11.7 Å². The maximum absolute atomic E-state index is 10.6. The molecule has 4 heteroatoms. The molecule has 0 saturated carbocycles. The first-order chi connectivity index (χ1) is 7.66. The fraction of sp³-hybridized carbons (Fsp3) is 0.333. The standard InChI is InChI=1S/C12H15N3O/c1-8-6-9-4-2-3-5-10(9)11(7-8)14-15-12(13)16/h2-5,8H,6-7H2,1H3,(H3,13,15,16)/b14-11+. The summed E-state index contributed by atoms with van der Waals surface area (Å²) in [5.41, 5.74) is 10.6. The highest BCUT2D eigenvalue weighted by molar-refractivity contribution is 6.03. The monoisotopic (exact) mass is 217 g/mol. The number of hydrazone groups is 1. The summed E-state index contributed by atoms with van der Waals surface area (Å²) in [6.07, 6.45) is 1.93. The van der Waals surface area contributed by atoms with Crippen molar-refractivity contribution in [3.63, 3.8) is 0 Å². The zero-order valence-corrected chi connectivity index (χ0v) is 9.23. The molecule has 0 bridgehead atoms. The molecule has 0 fully saturated rings. The third-order valence-corrected chi connectivity index (χ3v) is 2.74. The molecule has 1 unspecified atom stereocenters. The zero-order chi connectivity index (χ0) is 11.5. The van der Waals surface area contributed by atoms with Crippen molar-refractivity contribution in [1.29, 1.82) is 0 Å². The van der Waals surface area contributed by atoms with E-state index in [1.807, 2.05) is 18.2 Å². The van der Waals surface area contributed by atoms with Gasteiger partial charge in [0.05, 0.1) is 5.71 Å². The number of fused-ring (bicyclic) bond motifs is 1. The van der Waals surface area contributed by atoms with Gasteiger partial charge in [0, 0.05) is 5.56 Å². The van der Waals surface area contributed by atoms with E-state index >= 15 is 0 Å². The van der Waals surface area contributed by atoms with Crippen LogP contribution in [0.5, 0.6) is 0 Å². The van der Waals surface area contributed by atoms with E-state index in [2.05, 4.69) is 23.5 Å². The van der Waals surface area contributed by atoms with Crippen molar-refractivity contribution < 1.29 is 4.79 Å². The number of primary amides is 1. The Bertz CT molecular complexity index is 440. The Balaban J connectivity index is 2.33. The van der Waals surface area contributed by atoms with Crippen LogP contribution in [0.3, 0.4) is 0 Å². The number of nitrogens with zero attached hydrogens (tertiary/aromatic N) is 1. The number of hydrogen-bond acceptors (Lipinski definition) is 2. The number of carbonyl (C=O) groups is 1. The minimum absolute atomic E-state index is 0.545. The van der Waals surface area contributed by atoms with Crippen molar-refractivity contribution in [1.82, 2.24) is 5.43 Å². The van der Waals surface area contributed by atoms with Gasteiger partial charge in [0.2, 0.25) is 0 Å². The van der Waals surface area contributed by atoms with Crippen molar-refractivity contribution in [2.24, 2.45) is 16.8 Å². The Hall–Kier alpha value is -1.84. The summed E-state index contributed by atoms with van der Waals surface area (Å²) in [6.45, 7) is 2.18.